The molecule has 0 heterocycles. The quantitative estimate of drug-likeness (QED) is 0.675. The molecule has 3 aliphatic rings. The molecule has 0 aromatic heterocycles. The first-order valence-electron chi connectivity index (χ1n) is 6.58. The first-order valence-corrected chi connectivity index (χ1v) is 6.58. The summed E-state index contributed by atoms with van der Waals surface area (Å²) in [4.78, 5) is 12.7. The third-order valence-corrected chi connectivity index (χ3v) is 4.41. The maximum Gasteiger partial charge on any atom is 0.170 e. The number of ketones is 1. The maximum atomic E-state index is 12.7. The van der Waals surface area contributed by atoms with Crippen molar-refractivity contribution < 1.29 is 4.79 Å². The molecule has 0 unspecified atom stereocenters. The Morgan fingerprint density at radius 1 is 0.722 bits per heavy atom. The Morgan fingerprint density at radius 2 is 1.28 bits per heavy atom. The minimum absolute atomic E-state index is 0.0844. The monoisotopic (exact) mass is 234 g/mol. The number of hydrogen-bond acceptors (Lipinski definition) is 1. The van der Waals surface area contributed by atoms with Gasteiger partial charge in [-0.05, 0) is 29.5 Å². The van der Waals surface area contributed by atoms with Gasteiger partial charge in [-0.1, -0.05) is 48.5 Å². The Labute approximate surface area is 106 Å². The lowest BCUT2D eigenvalue weighted by atomic mass is 9.77. The van der Waals surface area contributed by atoms with Crippen molar-refractivity contribution >= 4 is 5.78 Å². The van der Waals surface area contributed by atoms with Crippen LogP contribution in [-0.4, -0.2) is 5.78 Å². The minimum atomic E-state index is 0.0844. The highest BCUT2D eigenvalue weighted by molar-refractivity contribution is 6.04. The summed E-state index contributed by atoms with van der Waals surface area (Å²) in [5.41, 5.74) is 4.80. The number of benzene rings is 2. The van der Waals surface area contributed by atoms with Gasteiger partial charge in [-0.3, -0.25) is 4.79 Å². The van der Waals surface area contributed by atoms with Crippen molar-refractivity contribution in [1.29, 1.82) is 0 Å². The number of carbonyl (C=O) groups is 1. The molecular weight excluding hydrogens is 220 g/mol. The van der Waals surface area contributed by atoms with Crippen LogP contribution in [0.4, 0.5) is 0 Å². The van der Waals surface area contributed by atoms with E-state index < -0.39 is 0 Å². The topological polar surface area (TPSA) is 17.1 Å². The molecule has 0 aliphatic heterocycles. The van der Waals surface area contributed by atoms with Crippen molar-refractivity contribution in [3.8, 4) is 0 Å². The molecule has 5 rings (SSSR count). The molecule has 0 saturated carbocycles. The summed E-state index contributed by atoms with van der Waals surface area (Å²) >= 11 is 0. The van der Waals surface area contributed by atoms with Gasteiger partial charge in [0.1, 0.15) is 0 Å². The highest BCUT2D eigenvalue weighted by Gasteiger charge is 2.38. The Hall–Kier alpha value is -1.89. The minimum Gasteiger partial charge on any atom is -0.293 e. The second-order valence-electron chi connectivity index (χ2n) is 5.26. The fraction of sp³-hybridized carbons (Fsp3) is 0.235. The average Bonchev–Trinajstić information content (AvgIpc) is 2.64. The summed E-state index contributed by atoms with van der Waals surface area (Å²) < 4.78 is 0. The molecule has 1 heteroatoms. The van der Waals surface area contributed by atoms with Crippen molar-refractivity contribution in [2.45, 2.75) is 24.7 Å². The standard InChI is InChI=1S/C17H14O/c18-17-15-8-4-3-7-13(15)14-9-10-16(17)12-6-2-1-5-11(12)14/h1-8,14,16H,9-10H2/t14-,16+/m1/s1. The van der Waals surface area contributed by atoms with Gasteiger partial charge in [-0.15, -0.1) is 0 Å². The molecule has 0 saturated heterocycles. The summed E-state index contributed by atoms with van der Waals surface area (Å²) in [6.07, 6.45) is 2.10. The lowest BCUT2D eigenvalue weighted by Gasteiger charge is -2.26. The fourth-order valence-electron chi connectivity index (χ4n) is 3.60. The van der Waals surface area contributed by atoms with Crippen molar-refractivity contribution in [2.75, 3.05) is 0 Å². The van der Waals surface area contributed by atoms with Gasteiger partial charge in [-0.2, -0.15) is 0 Å². The average molecular weight is 234 g/mol. The van der Waals surface area contributed by atoms with Crippen LogP contribution in [0, 0.1) is 0 Å². The summed E-state index contributed by atoms with van der Waals surface area (Å²) in [5, 5.41) is 0. The highest BCUT2D eigenvalue weighted by atomic mass is 16.1. The number of rotatable bonds is 0. The second-order valence-corrected chi connectivity index (χ2v) is 5.26. The fourth-order valence-corrected chi connectivity index (χ4v) is 3.60. The molecule has 0 N–H and O–H groups in total. The van der Waals surface area contributed by atoms with Crippen LogP contribution in [0.3, 0.4) is 0 Å². The Balaban J connectivity index is 2.07. The van der Waals surface area contributed by atoms with Gasteiger partial charge in [-0.25, -0.2) is 0 Å². The van der Waals surface area contributed by atoms with E-state index in [4.69, 9.17) is 0 Å². The zero-order valence-corrected chi connectivity index (χ0v) is 10.1. The summed E-state index contributed by atoms with van der Waals surface area (Å²) in [5.74, 6) is 0.819. The van der Waals surface area contributed by atoms with Crippen molar-refractivity contribution in [1.82, 2.24) is 0 Å². The molecule has 2 aromatic rings. The van der Waals surface area contributed by atoms with Crippen LogP contribution in [0.25, 0.3) is 0 Å². The molecule has 0 fully saturated rings. The number of carbonyl (C=O) groups excluding carboxylic acids is 1. The van der Waals surface area contributed by atoms with E-state index in [-0.39, 0.29) is 5.92 Å². The summed E-state index contributed by atoms with van der Waals surface area (Å²) in [7, 11) is 0. The molecule has 0 amide bonds. The van der Waals surface area contributed by atoms with E-state index in [2.05, 4.69) is 30.3 Å². The van der Waals surface area contributed by atoms with E-state index >= 15 is 0 Å². The smallest absolute Gasteiger partial charge is 0.170 e. The van der Waals surface area contributed by atoms with Gasteiger partial charge in [0, 0.05) is 17.4 Å². The molecule has 18 heavy (non-hydrogen) atoms. The van der Waals surface area contributed by atoms with Crippen LogP contribution >= 0.6 is 0 Å². The van der Waals surface area contributed by atoms with Crippen LogP contribution < -0.4 is 0 Å². The van der Waals surface area contributed by atoms with Crippen LogP contribution in [-0.2, 0) is 0 Å². The maximum absolute atomic E-state index is 12.7. The molecule has 0 radical (unpaired) electrons. The van der Waals surface area contributed by atoms with Gasteiger partial charge in [0.25, 0.3) is 0 Å². The van der Waals surface area contributed by atoms with E-state index in [1.807, 2.05) is 18.2 Å². The predicted octanol–water partition coefficient (Wildman–Crippen LogP) is 3.89. The van der Waals surface area contributed by atoms with Gasteiger partial charge < -0.3 is 0 Å². The Kier molecular flexibility index (Phi) is 1.99. The van der Waals surface area contributed by atoms with Crippen molar-refractivity contribution in [2.24, 2.45) is 0 Å². The van der Waals surface area contributed by atoms with Gasteiger partial charge >= 0.3 is 0 Å². The third kappa shape index (κ3) is 1.19. The van der Waals surface area contributed by atoms with Crippen molar-refractivity contribution in [3.05, 3.63) is 70.8 Å². The third-order valence-electron chi connectivity index (χ3n) is 4.41. The second kappa shape index (κ2) is 3.55. The van der Waals surface area contributed by atoms with E-state index in [1.54, 1.807) is 0 Å². The van der Waals surface area contributed by atoms with E-state index in [9.17, 15) is 4.79 Å². The summed E-state index contributed by atoms with van der Waals surface area (Å²) in [6, 6.07) is 16.6. The molecule has 3 aliphatic carbocycles. The van der Waals surface area contributed by atoms with Gasteiger partial charge in [0.15, 0.2) is 5.78 Å². The molecule has 2 aromatic carbocycles. The van der Waals surface area contributed by atoms with E-state index in [0.717, 1.165) is 18.4 Å². The Morgan fingerprint density at radius 3 is 2.06 bits per heavy atom. The number of Topliss-reactive ketones (excluding diaryl/α,β-unsaturated/α-hetero) is 1. The zero-order chi connectivity index (χ0) is 12.1. The van der Waals surface area contributed by atoms with Gasteiger partial charge in [0.05, 0.1) is 0 Å². The van der Waals surface area contributed by atoms with Crippen LogP contribution in [0.15, 0.2) is 48.5 Å². The number of hydrogen-bond donors (Lipinski definition) is 0. The SMILES string of the molecule is O=C1c2ccccc2[C@@H]2CC[C@H]1c1ccccc12. The largest absolute Gasteiger partial charge is 0.293 e. The predicted molar refractivity (Wildman–Crippen MR) is 71.0 cm³/mol. The summed E-state index contributed by atoms with van der Waals surface area (Å²) in [6.45, 7) is 0. The number of fused-ring (bicyclic) bond motifs is 1. The van der Waals surface area contributed by atoms with Crippen LogP contribution in [0.1, 0.15) is 51.7 Å². The molecule has 2 bridgehead atoms. The first kappa shape index (κ1) is 10.1. The van der Waals surface area contributed by atoms with E-state index in [0.29, 0.717) is 11.7 Å². The molecule has 88 valence electrons. The highest BCUT2D eigenvalue weighted by Crippen LogP contribution is 2.47. The lowest BCUT2D eigenvalue weighted by molar-refractivity contribution is 0.0956. The van der Waals surface area contributed by atoms with E-state index in [1.165, 1.54) is 16.7 Å². The molecule has 1 nitrogen and oxygen atoms in total. The Bertz CT molecular complexity index is 642. The van der Waals surface area contributed by atoms with Crippen LogP contribution in [0.5, 0.6) is 0 Å². The molecule has 0 spiro atoms. The van der Waals surface area contributed by atoms with Crippen LogP contribution in [0.2, 0.25) is 0 Å². The normalized spacial score (nSPS) is 24.3. The zero-order valence-electron chi connectivity index (χ0n) is 10.1. The first-order chi connectivity index (χ1) is 8.86. The molecular formula is C17H14O. The van der Waals surface area contributed by atoms with Gasteiger partial charge in [0.2, 0.25) is 0 Å². The molecule has 2 atom stereocenters. The van der Waals surface area contributed by atoms with Crippen molar-refractivity contribution in [3.63, 3.8) is 0 Å². The lowest BCUT2D eigenvalue weighted by Crippen LogP contribution is -2.15.